The third-order valence-electron chi connectivity index (χ3n) is 3.29. The van der Waals surface area contributed by atoms with Gasteiger partial charge in [-0.15, -0.1) is 0 Å². The Morgan fingerprint density at radius 1 is 1.38 bits per heavy atom. The summed E-state index contributed by atoms with van der Waals surface area (Å²) in [5.74, 6) is -1.12. The summed E-state index contributed by atoms with van der Waals surface area (Å²) in [6.07, 6.45) is 5.50. The van der Waals surface area contributed by atoms with Crippen LogP contribution in [0.25, 0.3) is 0 Å². The van der Waals surface area contributed by atoms with Gasteiger partial charge in [0.25, 0.3) is 0 Å². The number of urea groups is 1. The Bertz CT molecular complexity index is 473. The fraction of sp³-hybridized carbons (Fsp3) is 0.643. The minimum atomic E-state index is -0.777. The number of nitrogens with one attached hydrogen (secondary N) is 2. The number of carboxylic acid groups (broad SMARTS) is 1. The van der Waals surface area contributed by atoms with Crippen LogP contribution in [0.2, 0.25) is 0 Å². The van der Waals surface area contributed by atoms with E-state index in [-0.39, 0.29) is 18.0 Å². The van der Waals surface area contributed by atoms with Gasteiger partial charge in [0.2, 0.25) is 0 Å². The number of aliphatic carboxylic acids is 1. The van der Waals surface area contributed by atoms with Gasteiger partial charge in [0.1, 0.15) is 0 Å². The molecule has 1 aromatic heterocycles. The molecule has 2 amide bonds. The van der Waals surface area contributed by atoms with Gasteiger partial charge in [-0.1, -0.05) is 13.3 Å². The lowest BCUT2D eigenvalue weighted by atomic mass is 10.0. The number of amides is 2. The van der Waals surface area contributed by atoms with Crippen LogP contribution in [-0.2, 0) is 11.3 Å². The second-order valence-electron chi connectivity index (χ2n) is 5.25. The first-order valence-electron chi connectivity index (χ1n) is 7.25. The molecular formula is C14H24N4O3. The van der Waals surface area contributed by atoms with Crippen molar-refractivity contribution in [3.8, 4) is 0 Å². The second-order valence-corrected chi connectivity index (χ2v) is 5.25. The minimum absolute atomic E-state index is 0.00721. The molecule has 118 valence electrons. The maximum atomic E-state index is 11.8. The average Bonchev–Trinajstić information content (AvgIpc) is 2.85. The molecule has 0 aliphatic rings. The number of hydrogen-bond donors (Lipinski definition) is 3. The summed E-state index contributed by atoms with van der Waals surface area (Å²) in [6.45, 7) is 6.32. The van der Waals surface area contributed by atoms with Crippen LogP contribution in [0.5, 0.6) is 0 Å². The largest absolute Gasteiger partial charge is 0.481 e. The van der Waals surface area contributed by atoms with Crippen LogP contribution in [-0.4, -0.2) is 32.9 Å². The molecule has 0 radical (unpaired) electrons. The van der Waals surface area contributed by atoms with Gasteiger partial charge >= 0.3 is 12.0 Å². The maximum absolute atomic E-state index is 11.8. The van der Waals surface area contributed by atoms with Crippen LogP contribution < -0.4 is 10.6 Å². The topological polar surface area (TPSA) is 96.2 Å². The number of nitrogens with zero attached hydrogens (tertiary/aromatic N) is 2. The molecule has 0 spiro atoms. The summed E-state index contributed by atoms with van der Waals surface area (Å²) in [6, 6.07) is -0.281. The van der Waals surface area contributed by atoms with Gasteiger partial charge in [-0.25, -0.2) is 4.79 Å². The molecule has 0 saturated heterocycles. The van der Waals surface area contributed by atoms with Crippen molar-refractivity contribution in [3.05, 3.63) is 12.4 Å². The van der Waals surface area contributed by atoms with E-state index in [1.54, 1.807) is 24.0 Å². The van der Waals surface area contributed by atoms with Crippen molar-refractivity contribution >= 4 is 17.7 Å². The third kappa shape index (κ3) is 6.29. The predicted octanol–water partition coefficient (Wildman–Crippen LogP) is 2.30. The van der Waals surface area contributed by atoms with E-state index < -0.39 is 5.97 Å². The molecule has 21 heavy (non-hydrogen) atoms. The standard InChI is InChI=1S/C14H24N4O3/c1-4-18-9-12(8-15-18)17-14(21)16-11(3)7-5-6-10(2)13(19)20/h8-11H,4-7H2,1-3H3,(H,19,20)(H2,16,17,21). The molecule has 1 rings (SSSR count). The lowest BCUT2D eigenvalue weighted by Gasteiger charge is -2.14. The number of anilines is 1. The Balaban J connectivity index is 2.25. The van der Waals surface area contributed by atoms with Crippen LogP contribution in [0.15, 0.2) is 12.4 Å². The first-order valence-corrected chi connectivity index (χ1v) is 7.25. The highest BCUT2D eigenvalue weighted by molar-refractivity contribution is 5.89. The summed E-state index contributed by atoms with van der Waals surface area (Å²) >= 11 is 0. The summed E-state index contributed by atoms with van der Waals surface area (Å²) in [7, 11) is 0. The predicted molar refractivity (Wildman–Crippen MR) is 80.2 cm³/mol. The molecular weight excluding hydrogens is 272 g/mol. The van der Waals surface area contributed by atoms with Gasteiger partial charge in [-0.2, -0.15) is 5.10 Å². The first-order chi connectivity index (χ1) is 9.92. The van der Waals surface area contributed by atoms with Gasteiger partial charge < -0.3 is 15.7 Å². The van der Waals surface area contributed by atoms with Crippen LogP contribution in [0.1, 0.15) is 40.0 Å². The molecule has 2 atom stereocenters. The Morgan fingerprint density at radius 2 is 2.10 bits per heavy atom. The van der Waals surface area contributed by atoms with Crippen molar-refractivity contribution < 1.29 is 14.7 Å². The lowest BCUT2D eigenvalue weighted by Crippen LogP contribution is -2.36. The van der Waals surface area contributed by atoms with Crippen LogP contribution in [0.4, 0.5) is 10.5 Å². The second kappa shape index (κ2) is 8.28. The molecule has 1 aromatic rings. The van der Waals surface area contributed by atoms with Gasteiger partial charge in [0, 0.05) is 18.8 Å². The number of rotatable bonds is 8. The van der Waals surface area contributed by atoms with E-state index in [0.717, 1.165) is 19.4 Å². The van der Waals surface area contributed by atoms with Crippen molar-refractivity contribution in [3.63, 3.8) is 0 Å². The fourth-order valence-electron chi connectivity index (χ4n) is 1.92. The summed E-state index contributed by atoms with van der Waals surface area (Å²) in [5.41, 5.74) is 0.654. The third-order valence-corrected chi connectivity index (χ3v) is 3.29. The monoisotopic (exact) mass is 296 g/mol. The Morgan fingerprint density at radius 3 is 2.67 bits per heavy atom. The summed E-state index contributed by atoms with van der Waals surface area (Å²) in [5, 5.41) is 18.4. The Labute approximate surface area is 124 Å². The molecule has 1 heterocycles. The highest BCUT2D eigenvalue weighted by Gasteiger charge is 2.12. The van der Waals surface area contributed by atoms with E-state index >= 15 is 0 Å². The molecule has 0 fully saturated rings. The zero-order chi connectivity index (χ0) is 15.8. The summed E-state index contributed by atoms with van der Waals surface area (Å²) < 4.78 is 1.73. The smallest absolute Gasteiger partial charge is 0.319 e. The fourth-order valence-corrected chi connectivity index (χ4v) is 1.92. The van der Waals surface area contributed by atoms with E-state index in [2.05, 4.69) is 15.7 Å². The molecule has 0 aromatic carbocycles. The maximum Gasteiger partial charge on any atom is 0.319 e. The SMILES string of the molecule is CCn1cc(NC(=O)NC(C)CCCC(C)C(=O)O)cn1. The highest BCUT2D eigenvalue weighted by atomic mass is 16.4. The summed E-state index contributed by atoms with van der Waals surface area (Å²) in [4.78, 5) is 22.5. The van der Waals surface area contributed by atoms with Crippen LogP contribution in [0, 0.1) is 5.92 Å². The van der Waals surface area contributed by atoms with Crippen molar-refractivity contribution in [1.29, 1.82) is 0 Å². The highest BCUT2D eigenvalue weighted by Crippen LogP contribution is 2.10. The van der Waals surface area contributed by atoms with Gasteiger partial charge in [-0.05, 0) is 26.7 Å². The average molecular weight is 296 g/mol. The zero-order valence-electron chi connectivity index (χ0n) is 12.8. The normalized spacial score (nSPS) is 13.5. The van der Waals surface area contributed by atoms with E-state index in [0.29, 0.717) is 12.1 Å². The molecule has 0 saturated carbocycles. The molecule has 7 heteroatoms. The quantitative estimate of drug-likeness (QED) is 0.685. The van der Waals surface area contributed by atoms with E-state index in [4.69, 9.17) is 5.11 Å². The molecule has 7 nitrogen and oxygen atoms in total. The number of carbonyl (C=O) groups excluding carboxylic acids is 1. The number of carboxylic acids is 1. The number of carbonyl (C=O) groups is 2. The lowest BCUT2D eigenvalue weighted by molar-refractivity contribution is -0.141. The first kappa shape index (κ1) is 17.0. The number of aryl methyl sites for hydroxylation is 1. The minimum Gasteiger partial charge on any atom is -0.481 e. The zero-order valence-corrected chi connectivity index (χ0v) is 12.8. The van der Waals surface area contributed by atoms with Crippen molar-refractivity contribution in [1.82, 2.24) is 15.1 Å². The van der Waals surface area contributed by atoms with Crippen LogP contribution >= 0.6 is 0 Å². The van der Waals surface area contributed by atoms with Crippen molar-refractivity contribution in [2.45, 2.75) is 52.6 Å². The van der Waals surface area contributed by atoms with Crippen molar-refractivity contribution in [2.75, 3.05) is 5.32 Å². The van der Waals surface area contributed by atoms with E-state index in [1.165, 1.54) is 0 Å². The molecule has 2 unspecified atom stereocenters. The molecule has 3 N–H and O–H groups in total. The Hall–Kier alpha value is -2.05. The number of hydrogen-bond acceptors (Lipinski definition) is 3. The van der Waals surface area contributed by atoms with Crippen LogP contribution in [0.3, 0.4) is 0 Å². The Kier molecular flexibility index (Phi) is 6.71. The van der Waals surface area contributed by atoms with Gasteiger partial charge in [0.15, 0.2) is 0 Å². The molecule has 0 bridgehead atoms. The van der Waals surface area contributed by atoms with E-state index in [9.17, 15) is 9.59 Å². The number of aromatic nitrogens is 2. The molecule has 0 aliphatic heterocycles. The molecule has 0 aliphatic carbocycles. The van der Waals surface area contributed by atoms with Gasteiger partial charge in [-0.3, -0.25) is 9.48 Å². The van der Waals surface area contributed by atoms with E-state index in [1.807, 2.05) is 13.8 Å². The van der Waals surface area contributed by atoms with Crippen molar-refractivity contribution in [2.24, 2.45) is 5.92 Å². The van der Waals surface area contributed by atoms with Gasteiger partial charge in [0.05, 0.1) is 17.8 Å².